The first kappa shape index (κ1) is 15.5. The highest BCUT2D eigenvalue weighted by Crippen LogP contribution is 2.31. The molecule has 1 N–H and O–H groups in total. The molecule has 0 amide bonds. The van der Waals surface area contributed by atoms with Crippen LogP contribution in [0.2, 0.25) is 0 Å². The Bertz CT molecular complexity index is 652. The number of hydrogen-bond donors (Lipinski definition) is 1. The summed E-state index contributed by atoms with van der Waals surface area (Å²) in [4.78, 5) is 0. The van der Waals surface area contributed by atoms with Gasteiger partial charge in [-0.05, 0) is 56.6 Å². The summed E-state index contributed by atoms with van der Waals surface area (Å²) < 4.78 is 19.6. The molecule has 2 rings (SSSR count). The summed E-state index contributed by atoms with van der Waals surface area (Å²) in [5, 5.41) is 3.23. The average molecular weight is 287 g/mol. The Kier molecular flexibility index (Phi) is 4.63. The molecule has 112 valence electrons. The van der Waals surface area contributed by atoms with Crippen molar-refractivity contribution in [1.29, 1.82) is 0 Å². The van der Waals surface area contributed by atoms with Gasteiger partial charge in [0, 0.05) is 5.56 Å². The molecule has 3 heteroatoms. The smallest absolute Gasteiger partial charge is 0.128 e. The van der Waals surface area contributed by atoms with E-state index in [0.29, 0.717) is 5.56 Å². The van der Waals surface area contributed by atoms with Gasteiger partial charge in [0.15, 0.2) is 0 Å². The van der Waals surface area contributed by atoms with Crippen LogP contribution in [-0.2, 0) is 0 Å². The Morgan fingerprint density at radius 2 is 1.71 bits per heavy atom. The molecule has 2 aromatic rings. The van der Waals surface area contributed by atoms with Gasteiger partial charge in [-0.1, -0.05) is 23.8 Å². The molecule has 0 aliphatic rings. The van der Waals surface area contributed by atoms with Crippen molar-refractivity contribution < 1.29 is 9.13 Å². The number of aryl methyl sites for hydroxylation is 3. The number of rotatable bonds is 4. The monoisotopic (exact) mass is 287 g/mol. The number of halogens is 1. The van der Waals surface area contributed by atoms with E-state index in [9.17, 15) is 4.39 Å². The van der Waals surface area contributed by atoms with Crippen LogP contribution in [0.5, 0.6) is 5.75 Å². The van der Waals surface area contributed by atoms with E-state index in [1.54, 1.807) is 13.2 Å². The minimum Gasteiger partial charge on any atom is -0.496 e. The third-order valence-electron chi connectivity index (χ3n) is 3.85. The van der Waals surface area contributed by atoms with Crippen molar-refractivity contribution in [2.75, 3.05) is 14.2 Å². The van der Waals surface area contributed by atoms with Crippen LogP contribution < -0.4 is 10.1 Å². The Labute approximate surface area is 126 Å². The van der Waals surface area contributed by atoms with Crippen LogP contribution in [0.15, 0.2) is 30.3 Å². The van der Waals surface area contributed by atoms with E-state index in [2.05, 4.69) is 11.4 Å². The van der Waals surface area contributed by atoms with E-state index in [4.69, 9.17) is 4.74 Å². The number of hydrogen-bond acceptors (Lipinski definition) is 2. The minimum atomic E-state index is -0.187. The predicted octanol–water partition coefficient (Wildman–Crippen LogP) is 4.07. The molecule has 0 aliphatic carbocycles. The van der Waals surface area contributed by atoms with Crippen LogP contribution in [-0.4, -0.2) is 14.2 Å². The highest BCUT2D eigenvalue weighted by Gasteiger charge is 2.19. The highest BCUT2D eigenvalue weighted by molar-refractivity contribution is 5.46. The fraction of sp³-hybridized carbons (Fsp3) is 0.333. The molecule has 0 aromatic heterocycles. The average Bonchev–Trinajstić information content (AvgIpc) is 2.46. The maximum Gasteiger partial charge on any atom is 0.128 e. The van der Waals surface area contributed by atoms with Crippen molar-refractivity contribution in [3.63, 3.8) is 0 Å². The molecule has 1 atom stereocenters. The number of methoxy groups -OCH3 is 1. The van der Waals surface area contributed by atoms with Crippen LogP contribution in [0.4, 0.5) is 4.39 Å². The molecule has 0 saturated carbocycles. The summed E-state index contributed by atoms with van der Waals surface area (Å²) in [6, 6.07) is 9.11. The van der Waals surface area contributed by atoms with Gasteiger partial charge in [0.05, 0.1) is 13.2 Å². The lowest BCUT2D eigenvalue weighted by atomic mass is 9.92. The highest BCUT2D eigenvalue weighted by atomic mass is 19.1. The Morgan fingerprint density at radius 3 is 2.33 bits per heavy atom. The van der Waals surface area contributed by atoms with Crippen molar-refractivity contribution in [2.24, 2.45) is 0 Å². The van der Waals surface area contributed by atoms with Crippen molar-refractivity contribution in [3.05, 3.63) is 64.0 Å². The zero-order valence-corrected chi connectivity index (χ0v) is 13.3. The number of ether oxygens (including phenoxy) is 1. The fourth-order valence-electron chi connectivity index (χ4n) is 2.71. The van der Waals surface area contributed by atoms with Gasteiger partial charge in [-0.15, -0.1) is 0 Å². The molecular weight excluding hydrogens is 265 g/mol. The fourth-order valence-corrected chi connectivity index (χ4v) is 2.71. The molecule has 1 unspecified atom stereocenters. The van der Waals surface area contributed by atoms with E-state index < -0.39 is 0 Å². The first-order valence-electron chi connectivity index (χ1n) is 7.06. The zero-order chi connectivity index (χ0) is 15.6. The summed E-state index contributed by atoms with van der Waals surface area (Å²) in [6.07, 6.45) is 0. The maximum absolute atomic E-state index is 14.2. The SMILES string of the molecule is CNC(c1cc(C)c(OC)cc1C)c1cc(C)ccc1F. The van der Waals surface area contributed by atoms with Crippen LogP contribution in [0.3, 0.4) is 0 Å². The normalized spacial score (nSPS) is 12.3. The van der Waals surface area contributed by atoms with Gasteiger partial charge in [-0.25, -0.2) is 4.39 Å². The van der Waals surface area contributed by atoms with Crippen molar-refractivity contribution >= 4 is 0 Å². The molecule has 21 heavy (non-hydrogen) atoms. The van der Waals surface area contributed by atoms with Gasteiger partial charge in [0.1, 0.15) is 11.6 Å². The molecule has 0 saturated heterocycles. The van der Waals surface area contributed by atoms with E-state index in [1.807, 2.05) is 40.0 Å². The van der Waals surface area contributed by atoms with E-state index >= 15 is 0 Å². The van der Waals surface area contributed by atoms with Crippen molar-refractivity contribution in [3.8, 4) is 5.75 Å². The van der Waals surface area contributed by atoms with Crippen molar-refractivity contribution in [1.82, 2.24) is 5.32 Å². The maximum atomic E-state index is 14.2. The van der Waals surface area contributed by atoms with Crippen LogP contribution >= 0.6 is 0 Å². The third-order valence-corrected chi connectivity index (χ3v) is 3.85. The molecule has 0 bridgehead atoms. The van der Waals surface area contributed by atoms with Gasteiger partial charge >= 0.3 is 0 Å². The first-order valence-corrected chi connectivity index (χ1v) is 7.06. The van der Waals surface area contributed by atoms with Gasteiger partial charge in [0.25, 0.3) is 0 Å². The van der Waals surface area contributed by atoms with E-state index in [0.717, 1.165) is 28.0 Å². The predicted molar refractivity (Wildman–Crippen MR) is 84.5 cm³/mol. The van der Waals surface area contributed by atoms with Crippen LogP contribution in [0.1, 0.15) is 33.9 Å². The summed E-state index contributed by atoms with van der Waals surface area (Å²) in [6.45, 7) is 6.00. The van der Waals surface area contributed by atoms with Crippen molar-refractivity contribution in [2.45, 2.75) is 26.8 Å². The Balaban J connectivity index is 2.56. The molecule has 0 heterocycles. The lowest BCUT2D eigenvalue weighted by molar-refractivity contribution is 0.411. The summed E-state index contributed by atoms with van der Waals surface area (Å²) in [5.41, 5.74) is 4.92. The molecule has 2 aromatic carbocycles. The molecule has 0 aliphatic heterocycles. The first-order chi connectivity index (χ1) is 9.97. The van der Waals surface area contributed by atoms with Gasteiger partial charge in [0.2, 0.25) is 0 Å². The molecule has 2 nitrogen and oxygen atoms in total. The van der Waals surface area contributed by atoms with Gasteiger partial charge < -0.3 is 10.1 Å². The summed E-state index contributed by atoms with van der Waals surface area (Å²) in [7, 11) is 3.52. The lowest BCUT2D eigenvalue weighted by Crippen LogP contribution is -2.20. The second kappa shape index (κ2) is 6.27. The quantitative estimate of drug-likeness (QED) is 0.915. The standard InChI is InChI=1S/C18H22FNO/c1-11-6-7-16(19)15(8-11)18(20-4)14-9-13(3)17(21-5)10-12(14)2/h6-10,18,20H,1-5H3. The zero-order valence-electron chi connectivity index (χ0n) is 13.3. The van der Waals surface area contributed by atoms with Crippen LogP contribution in [0.25, 0.3) is 0 Å². The molecule has 0 spiro atoms. The topological polar surface area (TPSA) is 21.3 Å². The second-order valence-corrected chi connectivity index (χ2v) is 5.43. The van der Waals surface area contributed by atoms with Crippen LogP contribution in [0, 0.1) is 26.6 Å². The minimum absolute atomic E-state index is 0.172. The number of benzene rings is 2. The van der Waals surface area contributed by atoms with E-state index in [-0.39, 0.29) is 11.9 Å². The molecule has 0 fully saturated rings. The second-order valence-electron chi connectivity index (χ2n) is 5.43. The summed E-state index contributed by atoms with van der Waals surface area (Å²) in [5.74, 6) is 0.670. The van der Waals surface area contributed by atoms with E-state index in [1.165, 1.54) is 6.07 Å². The molecular formula is C18H22FNO. The lowest BCUT2D eigenvalue weighted by Gasteiger charge is -2.22. The molecule has 0 radical (unpaired) electrons. The Morgan fingerprint density at radius 1 is 1.00 bits per heavy atom. The van der Waals surface area contributed by atoms with Gasteiger partial charge in [-0.3, -0.25) is 0 Å². The van der Waals surface area contributed by atoms with Gasteiger partial charge in [-0.2, -0.15) is 0 Å². The Hall–Kier alpha value is -1.87. The number of nitrogens with one attached hydrogen (secondary N) is 1. The summed E-state index contributed by atoms with van der Waals surface area (Å²) >= 11 is 0. The largest absolute Gasteiger partial charge is 0.496 e. The third kappa shape index (κ3) is 3.08.